The molecule has 2 N–H and O–H groups in total. The fourth-order valence-electron chi connectivity index (χ4n) is 7.07. The number of fused-ring (bicyclic) bond motifs is 3. The molecule has 3 saturated heterocycles. The second kappa shape index (κ2) is 15.5. The number of pyridine rings is 1. The number of hydrogen-bond donors (Lipinski definition) is 2. The van der Waals surface area contributed by atoms with E-state index in [2.05, 4.69) is 15.1 Å². The summed E-state index contributed by atoms with van der Waals surface area (Å²) in [6, 6.07) is 10.6. The van der Waals surface area contributed by atoms with Crippen LogP contribution in [0.4, 0.5) is 13.2 Å². The molecule has 1 aromatic carbocycles. The number of piperidine rings is 1. The molecule has 2 bridgehead atoms. The van der Waals surface area contributed by atoms with Gasteiger partial charge < -0.3 is 19.9 Å². The zero-order chi connectivity index (χ0) is 34.5. The van der Waals surface area contributed by atoms with E-state index in [-0.39, 0.29) is 29.1 Å². The lowest BCUT2D eigenvalue weighted by Crippen LogP contribution is -2.51. The van der Waals surface area contributed by atoms with E-state index in [1.807, 2.05) is 38.1 Å². The van der Waals surface area contributed by atoms with Crippen LogP contribution in [0.5, 0.6) is 0 Å². The molecule has 2 aromatic rings. The van der Waals surface area contributed by atoms with Gasteiger partial charge in [0.1, 0.15) is 5.56 Å². The Labute approximate surface area is 273 Å². The highest BCUT2D eigenvalue weighted by atomic mass is 32.2. The predicted octanol–water partition coefficient (Wildman–Crippen LogP) is 3.69. The number of carboxylic acid groups (broad SMARTS) is 1. The van der Waals surface area contributed by atoms with Gasteiger partial charge in [0.2, 0.25) is 10.0 Å². The maximum Gasteiger partial charge on any atom is 0.490 e. The van der Waals surface area contributed by atoms with Crippen LogP contribution in [-0.4, -0.2) is 114 Å². The Morgan fingerprint density at radius 2 is 1.55 bits per heavy atom. The fraction of sp³-hybridized carbons (Fsp3) is 0.656. The Hall–Kier alpha value is -3.01. The zero-order valence-electron chi connectivity index (χ0n) is 27.2. The summed E-state index contributed by atoms with van der Waals surface area (Å²) < 4.78 is 58.4. The zero-order valence-corrected chi connectivity index (χ0v) is 28.0. The largest absolute Gasteiger partial charge is 0.490 e. The van der Waals surface area contributed by atoms with Gasteiger partial charge in [-0.2, -0.15) is 17.5 Å². The Morgan fingerprint density at radius 1 is 0.979 bits per heavy atom. The molecule has 3 aliphatic rings. The number of piperazine rings is 1. The second-order valence-electron chi connectivity index (χ2n) is 13.0. The van der Waals surface area contributed by atoms with Crippen LogP contribution in [-0.2, 0) is 14.8 Å². The first-order chi connectivity index (χ1) is 22.1. The predicted molar refractivity (Wildman–Crippen MR) is 173 cm³/mol. The molecule has 1 amide bonds. The number of para-hydroxylation sites is 1. The lowest BCUT2D eigenvalue weighted by molar-refractivity contribution is -0.192. The summed E-state index contributed by atoms with van der Waals surface area (Å²) >= 11 is 0. The number of hydrogen-bond acceptors (Lipinski definition) is 7. The van der Waals surface area contributed by atoms with Crippen molar-refractivity contribution in [2.45, 2.75) is 89.1 Å². The maximum atomic E-state index is 13.3. The van der Waals surface area contributed by atoms with Crippen molar-refractivity contribution in [2.75, 3.05) is 45.5 Å². The Kier molecular flexibility index (Phi) is 12.1. The minimum atomic E-state index is -5.08. The van der Waals surface area contributed by atoms with Gasteiger partial charge in [-0.15, -0.1) is 0 Å². The molecule has 11 nitrogen and oxygen atoms in total. The molecule has 3 fully saturated rings. The third-order valence-corrected chi connectivity index (χ3v) is 10.7. The molecule has 0 aliphatic carbocycles. The SMILES string of the molecule is CC(C)n1c(=O)c(C(=O)NC2C[C@H]3CC[C@@H](C2)N3CCCCCN2CCN(S(C)(=O)=O)CC2)cc2ccccc21.O=C(O)C(F)(F)F. The van der Waals surface area contributed by atoms with Crippen molar-refractivity contribution in [3.63, 3.8) is 0 Å². The Balaban J connectivity index is 0.000000644. The average Bonchev–Trinajstić information content (AvgIpc) is 3.23. The number of nitrogens with zero attached hydrogens (tertiary/aromatic N) is 4. The van der Waals surface area contributed by atoms with E-state index in [0.29, 0.717) is 25.2 Å². The van der Waals surface area contributed by atoms with Crippen molar-refractivity contribution in [3.05, 3.63) is 46.2 Å². The minimum absolute atomic E-state index is 0.0330. The summed E-state index contributed by atoms with van der Waals surface area (Å²) in [5, 5.41) is 11.3. The number of amides is 1. The molecule has 0 saturated carbocycles. The molecule has 4 heterocycles. The van der Waals surface area contributed by atoms with Crippen molar-refractivity contribution in [1.29, 1.82) is 0 Å². The molecule has 0 radical (unpaired) electrons. The van der Waals surface area contributed by atoms with Crippen LogP contribution in [0, 0.1) is 0 Å². The van der Waals surface area contributed by atoms with Crippen molar-refractivity contribution in [1.82, 2.24) is 24.0 Å². The molecule has 15 heteroatoms. The number of aliphatic carboxylic acids is 1. The number of unbranched alkanes of at least 4 members (excludes halogenated alkanes) is 2. The molecule has 262 valence electrons. The molecule has 3 atom stereocenters. The van der Waals surface area contributed by atoms with Crippen molar-refractivity contribution in [3.8, 4) is 0 Å². The van der Waals surface area contributed by atoms with Gasteiger partial charge in [-0.25, -0.2) is 13.2 Å². The van der Waals surface area contributed by atoms with Crippen molar-refractivity contribution in [2.24, 2.45) is 0 Å². The fourth-order valence-corrected chi connectivity index (χ4v) is 7.90. The first-order valence-corrected chi connectivity index (χ1v) is 18.1. The summed E-state index contributed by atoms with van der Waals surface area (Å²) in [5.74, 6) is -3.01. The highest BCUT2D eigenvalue weighted by Crippen LogP contribution is 2.36. The Morgan fingerprint density at radius 3 is 2.11 bits per heavy atom. The molecule has 5 rings (SSSR count). The van der Waals surface area contributed by atoms with Gasteiger partial charge in [-0.3, -0.25) is 14.5 Å². The van der Waals surface area contributed by atoms with E-state index < -0.39 is 22.2 Å². The third kappa shape index (κ3) is 9.55. The number of nitrogens with one attached hydrogen (secondary N) is 1. The summed E-state index contributed by atoms with van der Waals surface area (Å²) in [7, 11) is -3.07. The maximum absolute atomic E-state index is 13.3. The number of carboxylic acids is 1. The number of aromatic nitrogens is 1. The molecule has 1 unspecified atom stereocenters. The monoisotopic (exact) mass is 685 g/mol. The van der Waals surface area contributed by atoms with Crippen LogP contribution in [0.2, 0.25) is 0 Å². The van der Waals surface area contributed by atoms with E-state index >= 15 is 0 Å². The molecule has 0 spiro atoms. The number of alkyl halides is 3. The number of benzene rings is 1. The van der Waals surface area contributed by atoms with Crippen LogP contribution in [0.1, 0.15) is 75.2 Å². The van der Waals surface area contributed by atoms with Gasteiger partial charge in [0.25, 0.3) is 11.5 Å². The highest BCUT2D eigenvalue weighted by molar-refractivity contribution is 7.88. The molecular formula is C32H46F3N5O6S. The van der Waals surface area contributed by atoms with Crippen LogP contribution in [0.15, 0.2) is 35.1 Å². The Bertz CT molecular complexity index is 1560. The van der Waals surface area contributed by atoms with E-state index in [4.69, 9.17) is 9.90 Å². The van der Waals surface area contributed by atoms with Crippen LogP contribution in [0.3, 0.4) is 0 Å². The lowest BCUT2D eigenvalue weighted by Gasteiger charge is -2.39. The molecular weight excluding hydrogens is 639 g/mol. The molecule has 3 aliphatic heterocycles. The quantitative estimate of drug-likeness (QED) is 0.362. The third-order valence-electron chi connectivity index (χ3n) is 9.36. The van der Waals surface area contributed by atoms with Crippen LogP contribution >= 0.6 is 0 Å². The number of sulfonamides is 1. The van der Waals surface area contributed by atoms with Crippen LogP contribution in [0.25, 0.3) is 10.9 Å². The summed E-state index contributed by atoms with van der Waals surface area (Å²) in [4.78, 5) is 40.6. The van der Waals surface area contributed by atoms with Gasteiger partial charge in [0, 0.05) is 50.3 Å². The first kappa shape index (κ1) is 36.8. The van der Waals surface area contributed by atoms with Gasteiger partial charge in [0.05, 0.1) is 11.8 Å². The van der Waals surface area contributed by atoms with E-state index in [9.17, 15) is 31.2 Å². The average molecular weight is 686 g/mol. The van der Waals surface area contributed by atoms with E-state index in [0.717, 1.165) is 56.3 Å². The number of halogens is 3. The van der Waals surface area contributed by atoms with Crippen molar-refractivity contribution < 1.29 is 36.3 Å². The van der Waals surface area contributed by atoms with Gasteiger partial charge >= 0.3 is 12.1 Å². The van der Waals surface area contributed by atoms with Gasteiger partial charge in [-0.05, 0) is 83.0 Å². The number of carbonyl (C=O) groups is 2. The van der Waals surface area contributed by atoms with E-state index in [1.165, 1.54) is 31.9 Å². The number of rotatable bonds is 10. The van der Waals surface area contributed by atoms with Crippen LogP contribution < -0.4 is 10.9 Å². The number of carbonyl (C=O) groups excluding carboxylic acids is 1. The van der Waals surface area contributed by atoms with E-state index in [1.54, 1.807) is 14.9 Å². The van der Waals surface area contributed by atoms with Gasteiger partial charge in [0.15, 0.2) is 0 Å². The minimum Gasteiger partial charge on any atom is -0.475 e. The second-order valence-corrected chi connectivity index (χ2v) is 15.0. The highest BCUT2D eigenvalue weighted by Gasteiger charge is 2.41. The molecule has 47 heavy (non-hydrogen) atoms. The topological polar surface area (TPSA) is 132 Å². The summed E-state index contributed by atoms with van der Waals surface area (Å²) in [6.07, 6.45) is 3.93. The summed E-state index contributed by atoms with van der Waals surface area (Å²) in [5.41, 5.74) is 0.878. The standard InChI is InChI=1S/C30H45N5O4S.C2HF3O2/c1-22(2)35-28-10-6-5-9-23(28)19-27(30(35)37)29(36)31-24-20-25-11-12-26(21-24)34(25)14-8-4-7-13-32-15-17-33(18-16-32)40(3,38)39;3-2(4,5)1(6)7/h5-6,9-10,19,22,24-26H,4,7-8,11-18,20-21H2,1-3H3,(H,31,36);(H,6,7)/t24?,25-,26+;. The van der Waals surface area contributed by atoms with Crippen molar-refractivity contribution >= 4 is 32.8 Å². The van der Waals surface area contributed by atoms with Gasteiger partial charge in [-0.1, -0.05) is 24.6 Å². The molecule has 1 aromatic heterocycles. The lowest BCUT2D eigenvalue weighted by atomic mass is 9.96. The normalized spacial score (nSPS) is 22.7. The smallest absolute Gasteiger partial charge is 0.475 e. The first-order valence-electron chi connectivity index (χ1n) is 16.2. The summed E-state index contributed by atoms with van der Waals surface area (Å²) in [6.45, 7) is 8.93.